The fourth-order valence-corrected chi connectivity index (χ4v) is 4.17. The molecule has 0 bridgehead atoms. The average Bonchev–Trinajstić information content (AvgIpc) is 3.35. The molecule has 0 saturated carbocycles. The number of aromatic nitrogens is 1. The number of aryl methyl sites for hydroxylation is 1. The van der Waals surface area contributed by atoms with Crippen LogP contribution in [0.15, 0.2) is 52.5 Å². The molecule has 1 N–H and O–H groups in total. The lowest BCUT2D eigenvalue weighted by atomic mass is 10.1. The van der Waals surface area contributed by atoms with Crippen LogP contribution >= 0.6 is 11.3 Å². The van der Waals surface area contributed by atoms with Crippen LogP contribution < -0.4 is 10.2 Å². The van der Waals surface area contributed by atoms with Crippen molar-refractivity contribution in [3.05, 3.63) is 65.1 Å². The molecule has 0 aliphatic carbocycles. The van der Waals surface area contributed by atoms with Gasteiger partial charge in [0, 0.05) is 42.8 Å². The Morgan fingerprint density at radius 2 is 2.03 bits per heavy atom. The maximum absolute atomic E-state index is 13.0. The summed E-state index contributed by atoms with van der Waals surface area (Å²) in [5.74, 6) is -0.146. The van der Waals surface area contributed by atoms with Crippen molar-refractivity contribution in [2.45, 2.75) is 13.3 Å². The van der Waals surface area contributed by atoms with Crippen molar-refractivity contribution in [1.29, 1.82) is 0 Å². The second-order valence-electron chi connectivity index (χ2n) is 6.92. The van der Waals surface area contributed by atoms with Crippen molar-refractivity contribution < 1.29 is 14.0 Å². The summed E-state index contributed by atoms with van der Waals surface area (Å²) in [6.07, 6.45) is 2.34. The van der Waals surface area contributed by atoms with Crippen LogP contribution in [0.1, 0.15) is 33.0 Å². The molecule has 1 aliphatic heterocycles. The first kappa shape index (κ1) is 19.2. The molecule has 3 heterocycles. The molecule has 8 heteroatoms. The highest BCUT2D eigenvalue weighted by molar-refractivity contribution is 7.13. The van der Waals surface area contributed by atoms with Crippen LogP contribution in [0.2, 0.25) is 0 Å². The third-order valence-corrected chi connectivity index (χ3v) is 5.79. The third kappa shape index (κ3) is 4.48. The van der Waals surface area contributed by atoms with Crippen molar-refractivity contribution in [1.82, 2.24) is 9.88 Å². The number of hydrogen-bond acceptors (Lipinski definition) is 6. The molecule has 0 atom stereocenters. The van der Waals surface area contributed by atoms with E-state index in [1.54, 1.807) is 47.7 Å². The van der Waals surface area contributed by atoms with Crippen LogP contribution in [-0.4, -0.2) is 47.9 Å². The molecular formula is C21H22N4O3S. The zero-order chi connectivity index (χ0) is 20.2. The Morgan fingerprint density at radius 3 is 2.79 bits per heavy atom. The summed E-state index contributed by atoms with van der Waals surface area (Å²) in [4.78, 5) is 33.9. The van der Waals surface area contributed by atoms with E-state index >= 15 is 0 Å². The van der Waals surface area contributed by atoms with E-state index in [4.69, 9.17) is 4.42 Å². The highest BCUT2D eigenvalue weighted by Gasteiger charge is 2.22. The maximum atomic E-state index is 13.0. The number of anilines is 2. The average molecular weight is 410 g/mol. The summed E-state index contributed by atoms with van der Waals surface area (Å²) in [7, 11) is 0. The van der Waals surface area contributed by atoms with E-state index in [0.717, 1.165) is 30.3 Å². The van der Waals surface area contributed by atoms with Crippen LogP contribution in [-0.2, 0) is 0 Å². The van der Waals surface area contributed by atoms with Gasteiger partial charge in [0.15, 0.2) is 10.9 Å². The first-order valence-electron chi connectivity index (χ1n) is 9.51. The minimum Gasteiger partial charge on any atom is -0.459 e. The Labute approximate surface area is 173 Å². The number of carbonyl (C=O) groups excluding carboxylic acids is 2. The lowest BCUT2D eigenvalue weighted by molar-refractivity contribution is 0.0766. The second kappa shape index (κ2) is 8.48. The molecule has 4 rings (SSSR count). The Hall–Kier alpha value is -3.13. The van der Waals surface area contributed by atoms with Gasteiger partial charge in [-0.15, -0.1) is 11.3 Å². The largest absolute Gasteiger partial charge is 0.459 e. The fourth-order valence-electron chi connectivity index (χ4n) is 3.31. The number of nitrogens with one attached hydrogen (secondary N) is 1. The van der Waals surface area contributed by atoms with Crippen molar-refractivity contribution in [2.75, 3.05) is 36.4 Å². The maximum Gasteiger partial charge on any atom is 0.291 e. The van der Waals surface area contributed by atoms with E-state index < -0.39 is 0 Å². The Balaban J connectivity index is 1.42. The summed E-state index contributed by atoms with van der Waals surface area (Å²) in [6, 6.07) is 10.3. The van der Waals surface area contributed by atoms with Gasteiger partial charge in [0.1, 0.15) is 0 Å². The van der Waals surface area contributed by atoms with E-state index in [1.165, 1.54) is 6.26 Å². The van der Waals surface area contributed by atoms with Crippen molar-refractivity contribution >= 4 is 34.0 Å². The monoisotopic (exact) mass is 410 g/mol. The van der Waals surface area contributed by atoms with E-state index in [-0.39, 0.29) is 17.6 Å². The number of nitrogens with zero attached hydrogens (tertiary/aromatic N) is 3. The zero-order valence-electron chi connectivity index (χ0n) is 16.1. The van der Waals surface area contributed by atoms with E-state index in [2.05, 4.69) is 15.2 Å². The van der Waals surface area contributed by atoms with E-state index in [9.17, 15) is 9.59 Å². The smallest absolute Gasteiger partial charge is 0.291 e. The number of amides is 2. The van der Waals surface area contributed by atoms with Crippen LogP contribution in [0.25, 0.3) is 0 Å². The molecule has 0 spiro atoms. The molecule has 150 valence electrons. The van der Waals surface area contributed by atoms with Gasteiger partial charge in [0.05, 0.1) is 12.0 Å². The van der Waals surface area contributed by atoms with Crippen LogP contribution in [0, 0.1) is 6.92 Å². The fraction of sp³-hybridized carbons (Fsp3) is 0.286. The second-order valence-corrected chi connectivity index (χ2v) is 7.75. The van der Waals surface area contributed by atoms with Crippen LogP contribution in [0.4, 0.5) is 10.8 Å². The molecule has 1 saturated heterocycles. The summed E-state index contributed by atoms with van der Waals surface area (Å²) < 4.78 is 5.11. The molecule has 2 aromatic heterocycles. The highest BCUT2D eigenvalue weighted by Crippen LogP contribution is 2.22. The predicted molar refractivity (Wildman–Crippen MR) is 113 cm³/mol. The van der Waals surface area contributed by atoms with E-state index in [0.29, 0.717) is 24.3 Å². The number of benzene rings is 1. The van der Waals surface area contributed by atoms with Crippen molar-refractivity contribution in [3.8, 4) is 0 Å². The molecule has 0 unspecified atom stereocenters. The van der Waals surface area contributed by atoms with Gasteiger partial charge >= 0.3 is 0 Å². The van der Waals surface area contributed by atoms with Gasteiger partial charge in [-0.2, -0.15) is 0 Å². The van der Waals surface area contributed by atoms with Crippen LogP contribution in [0.5, 0.6) is 0 Å². The zero-order valence-corrected chi connectivity index (χ0v) is 16.9. The normalized spacial score (nSPS) is 14.5. The van der Waals surface area contributed by atoms with Crippen LogP contribution in [0.3, 0.4) is 0 Å². The van der Waals surface area contributed by atoms with Crippen molar-refractivity contribution in [3.63, 3.8) is 0 Å². The number of thiazole rings is 1. The highest BCUT2D eigenvalue weighted by atomic mass is 32.1. The topological polar surface area (TPSA) is 78.7 Å². The molecular weight excluding hydrogens is 388 g/mol. The number of hydrogen-bond donors (Lipinski definition) is 1. The number of rotatable bonds is 4. The summed E-state index contributed by atoms with van der Waals surface area (Å²) in [5.41, 5.74) is 2.14. The van der Waals surface area contributed by atoms with E-state index in [1.807, 2.05) is 17.2 Å². The molecule has 2 amide bonds. The van der Waals surface area contributed by atoms with Gasteiger partial charge < -0.3 is 19.5 Å². The Morgan fingerprint density at radius 1 is 1.14 bits per heavy atom. The van der Waals surface area contributed by atoms with Gasteiger partial charge in [-0.1, -0.05) is 6.07 Å². The lowest BCUT2D eigenvalue weighted by Crippen LogP contribution is -2.35. The first-order chi connectivity index (χ1) is 14.1. The molecule has 1 aliphatic rings. The van der Waals surface area contributed by atoms with Gasteiger partial charge in [0.2, 0.25) is 0 Å². The van der Waals surface area contributed by atoms with Gasteiger partial charge in [-0.25, -0.2) is 4.98 Å². The van der Waals surface area contributed by atoms with Gasteiger partial charge in [-0.05, 0) is 43.7 Å². The standard InChI is InChI=1S/C21H22N4O3S/c1-15-14-29-21(22-15)25-9-4-8-24(10-11-25)20(27)16-5-2-6-17(13-16)23-19(26)18-7-3-12-28-18/h2-3,5-7,12-14H,4,8-11H2,1H3,(H,23,26). The first-order valence-corrected chi connectivity index (χ1v) is 10.4. The minimum absolute atomic E-state index is 0.0312. The van der Waals surface area contributed by atoms with Gasteiger partial charge in [-0.3, -0.25) is 9.59 Å². The SMILES string of the molecule is Cc1csc(N2CCCN(C(=O)c3cccc(NC(=O)c4ccco4)c3)CC2)n1. The Kier molecular flexibility index (Phi) is 5.62. The minimum atomic E-state index is -0.344. The molecule has 3 aromatic rings. The van der Waals surface area contributed by atoms with Gasteiger partial charge in [0.25, 0.3) is 11.8 Å². The summed E-state index contributed by atoms with van der Waals surface area (Å²) in [6.45, 7) is 4.97. The predicted octanol–water partition coefficient (Wildman–Crippen LogP) is 3.65. The molecule has 29 heavy (non-hydrogen) atoms. The third-order valence-electron chi connectivity index (χ3n) is 4.77. The summed E-state index contributed by atoms with van der Waals surface area (Å²) in [5, 5.41) is 5.83. The Bertz CT molecular complexity index is 999. The molecule has 7 nitrogen and oxygen atoms in total. The summed E-state index contributed by atoms with van der Waals surface area (Å²) >= 11 is 1.64. The lowest BCUT2D eigenvalue weighted by Gasteiger charge is -2.22. The molecule has 0 radical (unpaired) electrons. The van der Waals surface area contributed by atoms with Crippen molar-refractivity contribution in [2.24, 2.45) is 0 Å². The number of carbonyl (C=O) groups is 2. The molecule has 1 fully saturated rings. The quantitative estimate of drug-likeness (QED) is 0.710. The molecule has 1 aromatic carbocycles. The number of furan rings is 1.